The predicted molar refractivity (Wildman–Crippen MR) is 170 cm³/mol. The summed E-state index contributed by atoms with van der Waals surface area (Å²) in [5.74, 6) is 2.02. The van der Waals surface area contributed by atoms with E-state index in [1.54, 1.807) is 14.2 Å². The molecule has 0 aliphatic heterocycles. The second-order valence-electron chi connectivity index (χ2n) is 10.3. The molecule has 216 valence electrons. The third-order valence-corrected chi connectivity index (χ3v) is 7.91. The maximum absolute atomic E-state index is 11.1. The Morgan fingerprint density at radius 2 is 0.976 bits per heavy atom. The van der Waals surface area contributed by atoms with Gasteiger partial charge in [-0.05, 0) is 25.0 Å². The van der Waals surface area contributed by atoms with Crippen LogP contribution in [0.3, 0.4) is 0 Å². The smallest absolute Gasteiger partial charge is 0.128 e. The van der Waals surface area contributed by atoms with E-state index in [9.17, 15) is 10.2 Å². The van der Waals surface area contributed by atoms with Crippen LogP contribution in [-0.2, 0) is 13.1 Å². The number of phenols is 2. The Labute approximate surface area is 249 Å². The molecule has 4 aromatic carbocycles. The van der Waals surface area contributed by atoms with E-state index in [0.29, 0.717) is 13.1 Å². The van der Waals surface area contributed by atoms with Crippen LogP contribution in [0.1, 0.15) is 36.8 Å². The first kappa shape index (κ1) is 30.3. The molecule has 7 heteroatoms. The zero-order valence-electron chi connectivity index (χ0n) is 23.7. The number of methoxy groups -OCH3 is 2. The van der Waals surface area contributed by atoms with Crippen molar-refractivity contribution in [3.8, 4) is 45.3 Å². The van der Waals surface area contributed by atoms with Crippen molar-refractivity contribution in [2.24, 2.45) is 0 Å². The molecule has 1 aliphatic rings. The average Bonchev–Trinajstić information content (AvgIpc) is 3.00. The zero-order valence-corrected chi connectivity index (χ0v) is 24.7. The molecule has 0 aromatic heterocycles. The standard InChI is InChI=1S/C34H38N2O4.H2S/c1-39-31-19-7-3-13-25(31)27-15-9-11-23(33(27)37)21-35-29-17-5-6-18-30(29)36-22-24-12-10-16-28(34(24)38)26-14-4-8-20-32(26)40-2;/h3-4,7-16,19-20,29-30,35-38H,5-6,17-18,21-22H2,1-2H3;1H2/t29-,30?;/m0./s1. The van der Waals surface area contributed by atoms with Crippen molar-refractivity contribution in [3.05, 3.63) is 96.1 Å². The first-order chi connectivity index (χ1) is 19.6. The Hall–Kier alpha value is -3.65. The highest BCUT2D eigenvalue weighted by Crippen LogP contribution is 2.39. The lowest BCUT2D eigenvalue weighted by Gasteiger charge is -2.33. The summed E-state index contributed by atoms with van der Waals surface area (Å²) in [4.78, 5) is 0. The first-order valence-corrected chi connectivity index (χ1v) is 14.0. The monoisotopic (exact) mass is 572 g/mol. The quantitative estimate of drug-likeness (QED) is 0.168. The molecule has 1 unspecified atom stereocenters. The Morgan fingerprint density at radius 3 is 1.39 bits per heavy atom. The van der Waals surface area contributed by atoms with E-state index in [1.165, 1.54) is 0 Å². The molecule has 0 amide bonds. The molecule has 1 aliphatic carbocycles. The molecule has 41 heavy (non-hydrogen) atoms. The van der Waals surface area contributed by atoms with E-state index < -0.39 is 0 Å². The van der Waals surface area contributed by atoms with Crippen LogP contribution < -0.4 is 20.1 Å². The van der Waals surface area contributed by atoms with Gasteiger partial charge in [-0.25, -0.2) is 0 Å². The third kappa shape index (κ3) is 6.81. The number of aromatic hydroxyl groups is 2. The summed E-state index contributed by atoms with van der Waals surface area (Å²) in [5.41, 5.74) is 4.99. The van der Waals surface area contributed by atoms with Gasteiger partial charge in [0.15, 0.2) is 0 Å². The van der Waals surface area contributed by atoms with Crippen molar-refractivity contribution in [3.63, 3.8) is 0 Å². The molecule has 0 heterocycles. The van der Waals surface area contributed by atoms with Gasteiger partial charge in [0.25, 0.3) is 0 Å². The summed E-state index contributed by atoms with van der Waals surface area (Å²) in [7, 11) is 3.29. The summed E-state index contributed by atoms with van der Waals surface area (Å²) in [5, 5.41) is 29.7. The highest BCUT2D eigenvalue weighted by atomic mass is 32.1. The van der Waals surface area contributed by atoms with E-state index in [0.717, 1.165) is 70.6 Å². The number of ether oxygens (including phenoxy) is 2. The Kier molecular flexibility index (Phi) is 10.6. The van der Waals surface area contributed by atoms with Gasteiger partial charge >= 0.3 is 0 Å². The van der Waals surface area contributed by atoms with Crippen LogP contribution in [0.2, 0.25) is 0 Å². The van der Waals surface area contributed by atoms with E-state index in [2.05, 4.69) is 10.6 Å². The van der Waals surface area contributed by atoms with Gasteiger partial charge in [-0.3, -0.25) is 0 Å². The normalized spacial score (nSPS) is 16.5. The van der Waals surface area contributed by atoms with Crippen molar-refractivity contribution in [1.82, 2.24) is 10.6 Å². The van der Waals surface area contributed by atoms with Crippen LogP contribution >= 0.6 is 13.5 Å². The van der Waals surface area contributed by atoms with Gasteiger partial charge < -0.3 is 30.3 Å². The lowest BCUT2D eigenvalue weighted by atomic mass is 9.89. The van der Waals surface area contributed by atoms with Gasteiger partial charge in [0, 0.05) is 58.6 Å². The van der Waals surface area contributed by atoms with Gasteiger partial charge in [0.2, 0.25) is 0 Å². The highest BCUT2D eigenvalue weighted by molar-refractivity contribution is 7.59. The first-order valence-electron chi connectivity index (χ1n) is 14.0. The van der Waals surface area contributed by atoms with Gasteiger partial charge in [0.1, 0.15) is 23.0 Å². The molecule has 1 fully saturated rings. The summed E-state index contributed by atoms with van der Waals surface area (Å²) >= 11 is 0. The summed E-state index contributed by atoms with van der Waals surface area (Å²) in [6.45, 7) is 1.12. The van der Waals surface area contributed by atoms with E-state index in [1.807, 2.05) is 84.9 Å². The highest BCUT2D eigenvalue weighted by Gasteiger charge is 2.25. The minimum Gasteiger partial charge on any atom is -0.507 e. The number of rotatable bonds is 10. The molecule has 0 spiro atoms. The van der Waals surface area contributed by atoms with E-state index in [-0.39, 0.29) is 37.1 Å². The van der Waals surface area contributed by atoms with Crippen LogP contribution in [0.4, 0.5) is 0 Å². The van der Waals surface area contributed by atoms with Crippen LogP contribution in [0.5, 0.6) is 23.0 Å². The number of hydrogen-bond donors (Lipinski definition) is 4. The van der Waals surface area contributed by atoms with E-state index in [4.69, 9.17) is 9.47 Å². The largest absolute Gasteiger partial charge is 0.507 e. The minimum absolute atomic E-state index is 0. The Bertz CT molecular complexity index is 1340. The number of benzene rings is 4. The fourth-order valence-electron chi connectivity index (χ4n) is 5.74. The topological polar surface area (TPSA) is 83.0 Å². The third-order valence-electron chi connectivity index (χ3n) is 7.91. The lowest BCUT2D eigenvalue weighted by molar-refractivity contribution is 0.279. The molecule has 0 radical (unpaired) electrons. The fraction of sp³-hybridized carbons (Fsp3) is 0.294. The summed E-state index contributed by atoms with van der Waals surface area (Å²) in [6.07, 6.45) is 4.44. The molecule has 1 saturated carbocycles. The van der Waals surface area contributed by atoms with Crippen molar-refractivity contribution in [2.75, 3.05) is 14.2 Å². The number of nitrogens with one attached hydrogen (secondary N) is 2. The van der Waals surface area contributed by atoms with Crippen LogP contribution in [0.15, 0.2) is 84.9 Å². The zero-order chi connectivity index (χ0) is 27.9. The summed E-state index contributed by atoms with van der Waals surface area (Å²) < 4.78 is 11.0. The van der Waals surface area contributed by atoms with Gasteiger partial charge in [-0.1, -0.05) is 85.6 Å². The molecule has 4 aromatic rings. The molecule has 0 bridgehead atoms. The van der Waals surface area contributed by atoms with Crippen LogP contribution in [0, 0.1) is 0 Å². The van der Waals surface area contributed by atoms with Gasteiger partial charge in [-0.15, -0.1) is 0 Å². The average molecular weight is 573 g/mol. The molecular formula is C34H40N2O4S. The maximum atomic E-state index is 11.1. The molecule has 2 atom stereocenters. The van der Waals surface area contributed by atoms with Crippen molar-refractivity contribution < 1.29 is 19.7 Å². The summed E-state index contributed by atoms with van der Waals surface area (Å²) in [6, 6.07) is 27.7. The maximum Gasteiger partial charge on any atom is 0.128 e. The van der Waals surface area contributed by atoms with Gasteiger partial charge in [-0.2, -0.15) is 13.5 Å². The van der Waals surface area contributed by atoms with Crippen molar-refractivity contribution >= 4 is 13.5 Å². The molecular weight excluding hydrogens is 532 g/mol. The van der Waals surface area contributed by atoms with Crippen LogP contribution in [-0.4, -0.2) is 36.5 Å². The second kappa shape index (κ2) is 14.3. The van der Waals surface area contributed by atoms with Crippen molar-refractivity contribution in [2.45, 2.75) is 50.9 Å². The number of para-hydroxylation sites is 4. The fourth-order valence-corrected chi connectivity index (χ4v) is 5.74. The Balaban J connectivity index is 0.00000387. The van der Waals surface area contributed by atoms with E-state index >= 15 is 0 Å². The molecule has 4 N–H and O–H groups in total. The minimum atomic E-state index is 0. The number of phenolic OH excluding ortho intramolecular Hbond substituents is 2. The molecule has 0 saturated heterocycles. The molecule has 6 nitrogen and oxygen atoms in total. The van der Waals surface area contributed by atoms with Gasteiger partial charge in [0.05, 0.1) is 14.2 Å². The lowest BCUT2D eigenvalue weighted by Crippen LogP contribution is -2.49. The predicted octanol–water partition coefficient (Wildman–Crippen LogP) is 6.75. The molecule has 5 rings (SSSR count). The second-order valence-corrected chi connectivity index (χ2v) is 10.3. The Morgan fingerprint density at radius 1 is 0.585 bits per heavy atom. The van der Waals surface area contributed by atoms with Crippen LogP contribution in [0.25, 0.3) is 22.3 Å². The SMILES string of the molecule is COc1ccccc1-c1cccc(CNC2CCCC[C@@H]2NCc2cccc(-c3ccccc3OC)c2O)c1O.S. The number of hydrogen-bond acceptors (Lipinski definition) is 6. The van der Waals surface area contributed by atoms with Crippen molar-refractivity contribution in [1.29, 1.82) is 0 Å².